The van der Waals surface area contributed by atoms with Crippen LogP contribution < -0.4 is 0 Å². The van der Waals surface area contributed by atoms with Crippen LogP contribution in [0, 0.1) is 11.3 Å². The van der Waals surface area contributed by atoms with Gasteiger partial charge in [0.05, 0.1) is 5.41 Å². The summed E-state index contributed by atoms with van der Waals surface area (Å²) in [7, 11) is 0. The third-order valence-electron chi connectivity index (χ3n) is 3.59. The van der Waals surface area contributed by atoms with E-state index in [-0.39, 0.29) is 11.8 Å². The average molecular weight is 197 g/mol. The van der Waals surface area contributed by atoms with E-state index in [0.717, 1.165) is 25.8 Å². The lowest BCUT2D eigenvalue weighted by molar-refractivity contribution is -0.144. The molecule has 0 aromatic carbocycles. The molecule has 1 N–H and O–H groups in total. The van der Waals surface area contributed by atoms with Crippen LogP contribution in [-0.2, 0) is 9.59 Å². The van der Waals surface area contributed by atoms with E-state index in [9.17, 15) is 9.59 Å². The zero-order valence-electron chi connectivity index (χ0n) is 8.32. The molecule has 1 heterocycles. The maximum atomic E-state index is 11.2. The Hall–Kier alpha value is -1.06. The van der Waals surface area contributed by atoms with E-state index in [2.05, 4.69) is 0 Å². The van der Waals surface area contributed by atoms with Gasteiger partial charge in [-0.05, 0) is 25.2 Å². The Balaban J connectivity index is 2.07. The van der Waals surface area contributed by atoms with Gasteiger partial charge in [-0.2, -0.15) is 0 Å². The van der Waals surface area contributed by atoms with Crippen LogP contribution in [0.15, 0.2) is 0 Å². The SMILES string of the molecule is CC(=O)N1CCCC2(C(=O)O)CC2C1. The molecule has 2 rings (SSSR count). The summed E-state index contributed by atoms with van der Waals surface area (Å²) < 4.78 is 0. The van der Waals surface area contributed by atoms with Crippen LogP contribution >= 0.6 is 0 Å². The van der Waals surface area contributed by atoms with Crippen molar-refractivity contribution in [1.82, 2.24) is 4.90 Å². The Morgan fingerprint density at radius 3 is 2.79 bits per heavy atom. The highest BCUT2D eigenvalue weighted by molar-refractivity contribution is 5.79. The van der Waals surface area contributed by atoms with Crippen LogP contribution in [0.2, 0.25) is 0 Å². The van der Waals surface area contributed by atoms with Crippen molar-refractivity contribution in [3.05, 3.63) is 0 Å². The molecule has 78 valence electrons. The molecule has 2 atom stereocenters. The Morgan fingerprint density at radius 1 is 1.50 bits per heavy atom. The second kappa shape index (κ2) is 2.97. The second-order valence-electron chi connectivity index (χ2n) is 4.43. The van der Waals surface area contributed by atoms with Crippen LogP contribution in [0.3, 0.4) is 0 Å². The Morgan fingerprint density at radius 2 is 2.21 bits per heavy atom. The molecule has 2 unspecified atom stereocenters. The number of rotatable bonds is 1. The zero-order valence-corrected chi connectivity index (χ0v) is 8.32. The summed E-state index contributed by atoms with van der Waals surface area (Å²) in [4.78, 5) is 24.0. The normalized spacial score (nSPS) is 35.8. The molecule has 4 nitrogen and oxygen atoms in total. The molecule has 2 aliphatic rings. The standard InChI is InChI=1S/C10H15NO3/c1-7(12)11-4-2-3-10(9(13)14)5-8(10)6-11/h8H,2-6H2,1H3,(H,13,14). The number of fused-ring (bicyclic) bond motifs is 1. The maximum absolute atomic E-state index is 11.2. The molecule has 0 radical (unpaired) electrons. The minimum Gasteiger partial charge on any atom is -0.481 e. The molecular formula is C10H15NO3. The van der Waals surface area contributed by atoms with Gasteiger partial charge in [0, 0.05) is 20.0 Å². The predicted molar refractivity (Wildman–Crippen MR) is 49.7 cm³/mol. The summed E-state index contributed by atoms with van der Waals surface area (Å²) in [6, 6.07) is 0. The van der Waals surface area contributed by atoms with Crippen LogP contribution in [-0.4, -0.2) is 35.0 Å². The van der Waals surface area contributed by atoms with Gasteiger partial charge in [-0.15, -0.1) is 0 Å². The van der Waals surface area contributed by atoms with E-state index in [1.165, 1.54) is 0 Å². The molecule has 0 aromatic rings. The largest absolute Gasteiger partial charge is 0.481 e. The highest BCUT2D eigenvalue weighted by atomic mass is 16.4. The van der Waals surface area contributed by atoms with Crippen molar-refractivity contribution < 1.29 is 14.7 Å². The highest BCUT2D eigenvalue weighted by Gasteiger charge is 2.60. The minimum atomic E-state index is -0.673. The van der Waals surface area contributed by atoms with E-state index in [1.807, 2.05) is 0 Å². The monoisotopic (exact) mass is 197 g/mol. The number of hydrogen-bond donors (Lipinski definition) is 1. The quantitative estimate of drug-likeness (QED) is 0.673. The van der Waals surface area contributed by atoms with Gasteiger partial charge in [-0.3, -0.25) is 9.59 Å². The first kappa shape index (κ1) is 9.49. The minimum absolute atomic E-state index is 0.0677. The third-order valence-corrected chi connectivity index (χ3v) is 3.59. The van der Waals surface area contributed by atoms with Crippen LogP contribution in [0.4, 0.5) is 0 Å². The lowest BCUT2D eigenvalue weighted by Gasteiger charge is -2.18. The third kappa shape index (κ3) is 1.29. The molecule has 1 aliphatic carbocycles. The summed E-state index contributed by atoms with van der Waals surface area (Å²) in [6.07, 6.45) is 2.31. The summed E-state index contributed by atoms with van der Waals surface area (Å²) in [5.74, 6) is -0.405. The van der Waals surface area contributed by atoms with E-state index >= 15 is 0 Å². The number of nitrogens with zero attached hydrogens (tertiary/aromatic N) is 1. The summed E-state index contributed by atoms with van der Waals surface area (Å²) in [5, 5.41) is 9.09. The molecule has 4 heteroatoms. The van der Waals surface area contributed by atoms with E-state index < -0.39 is 11.4 Å². The van der Waals surface area contributed by atoms with Gasteiger partial charge in [-0.1, -0.05) is 0 Å². The first-order valence-electron chi connectivity index (χ1n) is 5.05. The molecule has 0 aromatic heterocycles. The van der Waals surface area contributed by atoms with Gasteiger partial charge in [-0.25, -0.2) is 0 Å². The molecule has 2 fully saturated rings. The maximum Gasteiger partial charge on any atom is 0.309 e. The Labute approximate surface area is 82.9 Å². The van der Waals surface area contributed by atoms with Gasteiger partial charge in [0.15, 0.2) is 0 Å². The summed E-state index contributed by atoms with van der Waals surface area (Å²) in [5.41, 5.74) is -0.482. The molecule has 1 saturated heterocycles. The highest BCUT2D eigenvalue weighted by Crippen LogP contribution is 2.57. The molecular weight excluding hydrogens is 182 g/mol. The molecule has 14 heavy (non-hydrogen) atoms. The zero-order chi connectivity index (χ0) is 10.3. The van der Waals surface area contributed by atoms with Crippen molar-refractivity contribution in [3.63, 3.8) is 0 Å². The van der Waals surface area contributed by atoms with Crippen molar-refractivity contribution in [2.75, 3.05) is 13.1 Å². The van der Waals surface area contributed by atoms with Crippen molar-refractivity contribution >= 4 is 11.9 Å². The summed E-state index contributed by atoms with van der Waals surface area (Å²) >= 11 is 0. The van der Waals surface area contributed by atoms with Crippen LogP contribution in [0.5, 0.6) is 0 Å². The number of carboxylic acid groups (broad SMARTS) is 1. The van der Waals surface area contributed by atoms with Crippen molar-refractivity contribution in [1.29, 1.82) is 0 Å². The van der Waals surface area contributed by atoms with Crippen molar-refractivity contribution in [2.24, 2.45) is 11.3 Å². The van der Waals surface area contributed by atoms with E-state index in [0.29, 0.717) is 6.54 Å². The number of aliphatic carboxylic acids is 1. The van der Waals surface area contributed by atoms with Gasteiger partial charge in [0.2, 0.25) is 5.91 Å². The molecule has 1 amide bonds. The lowest BCUT2D eigenvalue weighted by Crippen LogP contribution is -2.31. The number of likely N-dealkylation sites (tertiary alicyclic amines) is 1. The Kier molecular flexibility index (Phi) is 2.01. The van der Waals surface area contributed by atoms with Gasteiger partial charge in [0.25, 0.3) is 0 Å². The van der Waals surface area contributed by atoms with Crippen molar-refractivity contribution in [3.8, 4) is 0 Å². The van der Waals surface area contributed by atoms with E-state index in [1.54, 1.807) is 11.8 Å². The smallest absolute Gasteiger partial charge is 0.309 e. The molecule has 0 bridgehead atoms. The lowest BCUT2D eigenvalue weighted by atomic mass is 9.98. The second-order valence-corrected chi connectivity index (χ2v) is 4.43. The fraction of sp³-hybridized carbons (Fsp3) is 0.800. The van der Waals surface area contributed by atoms with Crippen LogP contribution in [0.1, 0.15) is 26.2 Å². The number of carboxylic acids is 1. The van der Waals surface area contributed by atoms with Crippen LogP contribution in [0.25, 0.3) is 0 Å². The average Bonchev–Trinajstić information content (AvgIpc) is 2.74. The first-order valence-corrected chi connectivity index (χ1v) is 5.05. The van der Waals surface area contributed by atoms with E-state index in [4.69, 9.17) is 5.11 Å². The number of hydrogen-bond acceptors (Lipinski definition) is 2. The van der Waals surface area contributed by atoms with Gasteiger partial charge in [0.1, 0.15) is 0 Å². The number of carbonyl (C=O) groups excluding carboxylic acids is 1. The summed E-state index contributed by atoms with van der Waals surface area (Å²) in [6.45, 7) is 2.92. The number of carbonyl (C=O) groups is 2. The first-order chi connectivity index (χ1) is 6.56. The Bertz CT molecular complexity index is 289. The topological polar surface area (TPSA) is 57.6 Å². The number of amides is 1. The molecule has 1 aliphatic heterocycles. The van der Waals surface area contributed by atoms with Gasteiger partial charge >= 0.3 is 5.97 Å². The fourth-order valence-electron chi connectivity index (χ4n) is 2.52. The predicted octanol–water partition coefficient (Wildman–Crippen LogP) is 0.720. The molecule has 1 saturated carbocycles. The fourth-order valence-corrected chi connectivity index (χ4v) is 2.52. The van der Waals surface area contributed by atoms with Crippen molar-refractivity contribution in [2.45, 2.75) is 26.2 Å². The molecule has 0 spiro atoms. The van der Waals surface area contributed by atoms with Gasteiger partial charge < -0.3 is 10.0 Å².